The van der Waals surface area contributed by atoms with Crippen LogP contribution in [0.15, 0.2) is 12.3 Å². The largest absolute Gasteiger partial charge is 0.485 e. The first-order valence-electron chi connectivity index (χ1n) is 3.49. The number of rotatable bonds is 1. The van der Waals surface area contributed by atoms with Gasteiger partial charge in [-0.3, -0.25) is 5.21 Å². The van der Waals surface area contributed by atoms with Crippen LogP contribution in [0, 0.1) is 5.82 Å². The van der Waals surface area contributed by atoms with Crippen molar-refractivity contribution in [2.24, 2.45) is 0 Å². The summed E-state index contributed by atoms with van der Waals surface area (Å²) in [6.07, 6.45) is -4.78. The Labute approximate surface area is 80.0 Å². The summed E-state index contributed by atoms with van der Waals surface area (Å²) in [4.78, 5) is 10.3. The van der Waals surface area contributed by atoms with E-state index in [1.54, 1.807) is 0 Å². The van der Waals surface area contributed by atoms with Crippen LogP contribution in [0.2, 0.25) is 0 Å². The molecule has 1 heterocycles. The fourth-order valence-corrected chi connectivity index (χ4v) is 0.940. The molecule has 8 heteroatoms. The lowest BCUT2D eigenvalue weighted by atomic mass is 10.2. The summed E-state index contributed by atoms with van der Waals surface area (Å²) in [7, 11) is 0. The molecule has 82 valence electrons. The Morgan fingerprint density at radius 2 is 1.93 bits per heavy atom. The summed E-state index contributed by atoms with van der Waals surface area (Å²) < 4.78 is 48.9. The predicted molar refractivity (Wildman–Crippen MR) is 35.7 cm³/mol. The molecule has 2 N–H and O–H groups in total. The second-order valence-electron chi connectivity index (χ2n) is 2.54. The summed E-state index contributed by atoms with van der Waals surface area (Å²) in [6, 6.07) is 0.521. The van der Waals surface area contributed by atoms with Crippen molar-refractivity contribution in [1.82, 2.24) is 0 Å². The minimum absolute atomic E-state index is 0.398. The molecular formula is C7H4F4NO3+. The van der Waals surface area contributed by atoms with E-state index < -0.39 is 34.0 Å². The molecule has 15 heavy (non-hydrogen) atoms. The van der Waals surface area contributed by atoms with Crippen molar-refractivity contribution in [1.29, 1.82) is 0 Å². The maximum Gasteiger partial charge on any atom is 0.485 e. The molecule has 0 radical (unpaired) electrons. The molecule has 0 unspecified atom stereocenters. The molecule has 0 bridgehead atoms. The molecule has 0 aliphatic carbocycles. The van der Waals surface area contributed by atoms with E-state index in [0.717, 1.165) is 0 Å². The minimum atomic E-state index is -5.18. The van der Waals surface area contributed by atoms with Crippen LogP contribution in [0.5, 0.6) is 0 Å². The first-order chi connectivity index (χ1) is 6.75. The molecule has 4 nitrogen and oxygen atoms in total. The van der Waals surface area contributed by atoms with Gasteiger partial charge in [-0.1, -0.05) is 0 Å². The van der Waals surface area contributed by atoms with Crippen LogP contribution in [0.25, 0.3) is 0 Å². The highest BCUT2D eigenvalue weighted by atomic mass is 19.4. The monoisotopic (exact) mass is 226 g/mol. The van der Waals surface area contributed by atoms with E-state index in [9.17, 15) is 22.4 Å². The Bertz CT molecular complexity index is 415. The number of carboxylic acids is 1. The van der Waals surface area contributed by atoms with Gasteiger partial charge in [0.15, 0.2) is 0 Å². The first-order valence-corrected chi connectivity index (χ1v) is 3.49. The highest BCUT2D eigenvalue weighted by Crippen LogP contribution is 2.29. The highest BCUT2D eigenvalue weighted by Gasteiger charge is 2.47. The average molecular weight is 226 g/mol. The number of carbonyl (C=O) groups is 1. The lowest BCUT2D eigenvalue weighted by Gasteiger charge is -2.03. The normalized spacial score (nSPS) is 11.5. The fraction of sp³-hybridized carbons (Fsp3) is 0.143. The molecule has 0 aliphatic rings. The average Bonchev–Trinajstić information content (AvgIpc) is 2.00. The standard InChI is InChI=1S/C7H3F4NO3/c8-4-3(6(13)14)1-2-12(15)5(4)7(9,10)11/h1-2H,(H-,13,14,15)/p+1. The van der Waals surface area contributed by atoms with Crippen molar-refractivity contribution < 1.29 is 37.4 Å². The Morgan fingerprint density at radius 1 is 1.40 bits per heavy atom. The fourth-order valence-electron chi connectivity index (χ4n) is 0.940. The maximum absolute atomic E-state index is 13.0. The number of alkyl halides is 3. The number of aromatic carboxylic acids is 1. The first kappa shape index (κ1) is 11.2. The second-order valence-corrected chi connectivity index (χ2v) is 2.54. The van der Waals surface area contributed by atoms with E-state index in [1.165, 1.54) is 0 Å². The summed E-state index contributed by atoms with van der Waals surface area (Å²) in [6.45, 7) is 0. The van der Waals surface area contributed by atoms with Crippen molar-refractivity contribution in [3.05, 3.63) is 29.3 Å². The third-order valence-electron chi connectivity index (χ3n) is 1.55. The van der Waals surface area contributed by atoms with Gasteiger partial charge in [0.2, 0.25) is 12.0 Å². The highest BCUT2D eigenvalue weighted by molar-refractivity contribution is 5.87. The molecule has 0 saturated heterocycles. The van der Waals surface area contributed by atoms with E-state index in [0.29, 0.717) is 12.3 Å². The van der Waals surface area contributed by atoms with Crippen LogP contribution in [0.4, 0.5) is 17.6 Å². The van der Waals surface area contributed by atoms with Gasteiger partial charge in [0, 0.05) is 10.8 Å². The molecule has 1 aromatic rings. The Hall–Kier alpha value is -1.86. The molecule has 1 rings (SSSR count). The summed E-state index contributed by atoms with van der Waals surface area (Å²) >= 11 is 0. The van der Waals surface area contributed by atoms with E-state index in [1.807, 2.05) is 0 Å². The van der Waals surface area contributed by atoms with Crippen molar-refractivity contribution >= 4 is 5.97 Å². The van der Waals surface area contributed by atoms with E-state index in [-0.39, 0.29) is 0 Å². The number of hydrogen-bond acceptors (Lipinski definition) is 2. The summed E-state index contributed by atoms with van der Waals surface area (Å²) in [5, 5.41) is 17.0. The molecule has 0 aromatic carbocycles. The number of hydrogen-bond donors (Lipinski definition) is 2. The third kappa shape index (κ3) is 1.97. The number of nitrogens with zero attached hydrogens (tertiary/aromatic N) is 1. The van der Waals surface area contributed by atoms with Gasteiger partial charge in [-0.15, -0.1) is 0 Å². The Kier molecular flexibility index (Phi) is 2.52. The van der Waals surface area contributed by atoms with Gasteiger partial charge in [0.1, 0.15) is 5.56 Å². The van der Waals surface area contributed by atoms with Crippen LogP contribution in [0.3, 0.4) is 0 Å². The predicted octanol–water partition coefficient (Wildman–Crippen LogP) is 1.07. The van der Waals surface area contributed by atoms with Crippen LogP contribution in [0.1, 0.15) is 16.1 Å². The van der Waals surface area contributed by atoms with Gasteiger partial charge < -0.3 is 5.11 Å². The van der Waals surface area contributed by atoms with Gasteiger partial charge in [-0.05, 0) is 0 Å². The minimum Gasteiger partial charge on any atom is -0.478 e. The zero-order chi connectivity index (χ0) is 11.8. The molecule has 0 spiro atoms. The van der Waals surface area contributed by atoms with Crippen LogP contribution >= 0.6 is 0 Å². The van der Waals surface area contributed by atoms with Crippen LogP contribution in [-0.4, -0.2) is 16.3 Å². The SMILES string of the molecule is O=C(O)c1cc[n+](O)c(C(F)(F)F)c1F. The molecule has 0 fully saturated rings. The summed E-state index contributed by atoms with van der Waals surface area (Å²) in [5.74, 6) is -3.88. The third-order valence-corrected chi connectivity index (χ3v) is 1.55. The Morgan fingerprint density at radius 3 is 2.33 bits per heavy atom. The maximum atomic E-state index is 13.0. The number of carboxylic acid groups (broad SMARTS) is 1. The van der Waals surface area contributed by atoms with Gasteiger partial charge >= 0.3 is 17.8 Å². The molecule has 0 aliphatic heterocycles. The summed E-state index contributed by atoms with van der Waals surface area (Å²) in [5.41, 5.74) is -3.21. The van der Waals surface area contributed by atoms with Crippen molar-refractivity contribution in [2.75, 3.05) is 0 Å². The number of halogens is 4. The lowest BCUT2D eigenvalue weighted by Crippen LogP contribution is -2.41. The quantitative estimate of drug-likeness (QED) is 0.427. The lowest BCUT2D eigenvalue weighted by molar-refractivity contribution is -0.916. The topological polar surface area (TPSA) is 61.4 Å². The molecule has 1 aromatic heterocycles. The van der Waals surface area contributed by atoms with Gasteiger partial charge in [-0.25, -0.2) is 4.79 Å². The number of pyridine rings is 1. The van der Waals surface area contributed by atoms with E-state index in [2.05, 4.69) is 0 Å². The molecule has 0 amide bonds. The molecule has 0 atom stereocenters. The smallest absolute Gasteiger partial charge is 0.478 e. The van der Waals surface area contributed by atoms with Crippen molar-refractivity contribution in [3.63, 3.8) is 0 Å². The van der Waals surface area contributed by atoms with E-state index in [4.69, 9.17) is 10.3 Å². The number of aromatic nitrogens is 1. The zero-order valence-corrected chi connectivity index (χ0v) is 6.92. The second kappa shape index (κ2) is 3.37. The van der Waals surface area contributed by atoms with Gasteiger partial charge in [-0.2, -0.15) is 17.6 Å². The van der Waals surface area contributed by atoms with Gasteiger partial charge in [0.25, 0.3) is 0 Å². The van der Waals surface area contributed by atoms with Crippen molar-refractivity contribution in [2.45, 2.75) is 6.18 Å². The van der Waals surface area contributed by atoms with Gasteiger partial charge in [0.05, 0.1) is 0 Å². The zero-order valence-electron chi connectivity index (χ0n) is 6.92. The van der Waals surface area contributed by atoms with Crippen LogP contribution < -0.4 is 4.73 Å². The Balaban J connectivity index is 3.51. The van der Waals surface area contributed by atoms with E-state index >= 15 is 0 Å². The molecule has 0 saturated carbocycles. The molecular weight excluding hydrogens is 222 g/mol. The van der Waals surface area contributed by atoms with Crippen LogP contribution in [-0.2, 0) is 6.18 Å². The van der Waals surface area contributed by atoms with Crippen molar-refractivity contribution in [3.8, 4) is 0 Å².